The second kappa shape index (κ2) is 10.1. The molecule has 25 heavy (non-hydrogen) atoms. The van der Waals surface area contributed by atoms with Gasteiger partial charge in [0, 0.05) is 18.2 Å². The molecule has 1 fully saturated rings. The highest BCUT2D eigenvalue weighted by Crippen LogP contribution is 2.30. The highest BCUT2D eigenvalue weighted by atomic mass is 31.2. The summed E-state index contributed by atoms with van der Waals surface area (Å²) in [6, 6.07) is 0. The molecule has 7 N–H and O–H groups in total. The van der Waals surface area contributed by atoms with Crippen molar-refractivity contribution in [3.8, 4) is 0 Å². The van der Waals surface area contributed by atoms with Crippen LogP contribution in [-0.2, 0) is 24.8 Å². The van der Waals surface area contributed by atoms with Crippen molar-refractivity contribution in [2.75, 3.05) is 12.3 Å². The summed E-state index contributed by atoms with van der Waals surface area (Å²) in [6.07, 6.45) is -0.772. The SMILES string of the molecule is Nc1nc(=O)n([C@H]2C[C@H](O)[C@@H](CO)O2)cc1CO.O=[PH](O)O[PH](=O)O. The van der Waals surface area contributed by atoms with Crippen LogP contribution in [0.3, 0.4) is 0 Å². The zero-order valence-corrected chi connectivity index (χ0v) is 14.7. The third-order valence-corrected chi connectivity index (χ3v) is 4.50. The molecule has 2 heterocycles. The molecule has 0 aromatic carbocycles. The van der Waals surface area contributed by atoms with Crippen molar-refractivity contribution in [3.05, 3.63) is 22.2 Å². The molecule has 0 radical (unpaired) electrons. The first kappa shape index (κ1) is 21.9. The number of nitrogens with two attached hydrogens (primary N) is 1. The van der Waals surface area contributed by atoms with Crippen molar-refractivity contribution in [1.29, 1.82) is 0 Å². The molecule has 0 aliphatic carbocycles. The largest absolute Gasteiger partial charge is 0.394 e. The quantitative estimate of drug-likeness (QED) is 0.287. The number of hydrogen-bond acceptors (Lipinski definition) is 10. The van der Waals surface area contributed by atoms with Crippen molar-refractivity contribution in [3.63, 3.8) is 0 Å². The third-order valence-electron chi connectivity index (χ3n) is 3.10. The molecule has 13 nitrogen and oxygen atoms in total. The van der Waals surface area contributed by atoms with Crippen LogP contribution in [0.2, 0.25) is 0 Å². The van der Waals surface area contributed by atoms with E-state index in [-0.39, 0.29) is 25.5 Å². The second-order valence-electron chi connectivity index (χ2n) is 4.75. The van der Waals surface area contributed by atoms with Gasteiger partial charge in [-0.25, -0.2) is 9.11 Å². The van der Waals surface area contributed by atoms with Crippen LogP contribution in [0, 0.1) is 0 Å². The predicted octanol–water partition coefficient (Wildman–Crippen LogP) is -2.27. The van der Waals surface area contributed by atoms with Crippen molar-refractivity contribution in [1.82, 2.24) is 9.55 Å². The molecule has 0 spiro atoms. The first-order chi connectivity index (χ1) is 11.7. The molecule has 1 aromatic rings. The lowest BCUT2D eigenvalue weighted by atomic mass is 10.2. The van der Waals surface area contributed by atoms with Gasteiger partial charge >= 0.3 is 22.2 Å². The van der Waals surface area contributed by atoms with Crippen LogP contribution in [0.1, 0.15) is 18.2 Å². The number of aromatic nitrogens is 2. The van der Waals surface area contributed by atoms with E-state index in [1.807, 2.05) is 0 Å². The summed E-state index contributed by atoms with van der Waals surface area (Å²) < 4.78 is 28.8. The maximum atomic E-state index is 11.7. The molecule has 144 valence electrons. The summed E-state index contributed by atoms with van der Waals surface area (Å²) in [5.74, 6) is -0.0315. The number of hydrogen-bond donors (Lipinski definition) is 6. The maximum absolute atomic E-state index is 11.7. The smallest absolute Gasteiger partial charge is 0.351 e. The number of rotatable bonds is 5. The van der Waals surface area contributed by atoms with E-state index < -0.39 is 40.6 Å². The van der Waals surface area contributed by atoms with E-state index in [0.717, 1.165) is 4.57 Å². The summed E-state index contributed by atoms with van der Waals surface area (Å²) in [5, 5.41) is 27.6. The Bertz CT molecular complexity index is 671. The van der Waals surface area contributed by atoms with Crippen LogP contribution in [0.5, 0.6) is 0 Å². The summed E-state index contributed by atoms with van der Waals surface area (Å²) in [7, 11) is -6.40. The fourth-order valence-corrected chi connectivity index (χ4v) is 2.57. The number of anilines is 1. The number of nitrogens with zero attached hydrogens (tertiary/aromatic N) is 2. The average molecular weight is 403 g/mol. The maximum Gasteiger partial charge on any atom is 0.351 e. The summed E-state index contributed by atoms with van der Waals surface area (Å²) in [5.41, 5.74) is 5.15. The van der Waals surface area contributed by atoms with Crippen LogP contribution >= 0.6 is 16.5 Å². The Morgan fingerprint density at radius 3 is 2.36 bits per heavy atom. The lowest BCUT2D eigenvalue weighted by Gasteiger charge is -2.15. The Morgan fingerprint density at radius 1 is 1.36 bits per heavy atom. The Balaban J connectivity index is 0.000000381. The van der Waals surface area contributed by atoms with E-state index in [4.69, 9.17) is 30.5 Å². The number of nitrogen functional groups attached to an aromatic ring is 1. The first-order valence-electron chi connectivity index (χ1n) is 6.76. The van der Waals surface area contributed by atoms with Crippen molar-refractivity contribution in [2.24, 2.45) is 0 Å². The van der Waals surface area contributed by atoms with E-state index in [2.05, 4.69) is 9.29 Å². The van der Waals surface area contributed by atoms with Crippen LogP contribution in [0.25, 0.3) is 0 Å². The van der Waals surface area contributed by atoms with Crippen LogP contribution in [0.15, 0.2) is 11.0 Å². The summed E-state index contributed by atoms with van der Waals surface area (Å²) >= 11 is 0. The summed E-state index contributed by atoms with van der Waals surface area (Å²) in [4.78, 5) is 30.7. The number of aliphatic hydroxyl groups excluding tert-OH is 3. The minimum Gasteiger partial charge on any atom is -0.394 e. The average Bonchev–Trinajstić information content (AvgIpc) is 2.87. The first-order valence-corrected chi connectivity index (χ1v) is 9.28. The lowest BCUT2D eigenvalue weighted by Crippen LogP contribution is -2.29. The summed E-state index contributed by atoms with van der Waals surface area (Å²) in [6.45, 7) is -0.681. The lowest BCUT2D eigenvalue weighted by molar-refractivity contribution is -0.0459. The zero-order chi connectivity index (χ0) is 19.1. The molecule has 2 rings (SSSR count). The van der Waals surface area contributed by atoms with Gasteiger partial charge in [0.15, 0.2) is 0 Å². The number of ether oxygens (including phenoxy) is 1. The van der Waals surface area contributed by atoms with Crippen molar-refractivity contribution >= 4 is 22.3 Å². The van der Waals surface area contributed by atoms with E-state index in [9.17, 15) is 19.0 Å². The predicted molar refractivity (Wildman–Crippen MR) is 84.0 cm³/mol. The van der Waals surface area contributed by atoms with E-state index in [1.54, 1.807) is 0 Å². The van der Waals surface area contributed by atoms with Crippen LogP contribution in [0.4, 0.5) is 5.82 Å². The highest BCUT2D eigenvalue weighted by molar-refractivity contribution is 7.46. The minimum absolute atomic E-state index is 0.0315. The standard InChI is InChI=1S/C10H15N3O5.H4O5P2/c11-9-5(3-14)2-13(10(17)12-9)8-1-6(16)7(4-15)18-8;1-6(2)5-7(3)4/h2,6-8,14-16H,1,3-4H2,(H2,11,12,17);6-7H,(H,1,2)(H,3,4)/t6-,7+,8+;/m0./s1. The van der Waals surface area contributed by atoms with Gasteiger partial charge in [-0.1, -0.05) is 0 Å². The molecular weight excluding hydrogens is 384 g/mol. The third kappa shape index (κ3) is 6.59. The number of aliphatic hydroxyl groups is 3. The van der Waals surface area contributed by atoms with Gasteiger partial charge in [0.1, 0.15) is 18.1 Å². The molecule has 2 unspecified atom stereocenters. The fraction of sp³-hybridized carbons (Fsp3) is 0.600. The molecule has 1 aliphatic rings. The van der Waals surface area contributed by atoms with Gasteiger partial charge in [-0.05, 0) is 0 Å². The van der Waals surface area contributed by atoms with E-state index >= 15 is 0 Å². The van der Waals surface area contributed by atoms with Gasteiger partial charge < -0.3 is 35.6 Å². The normalized spacial score (nSPS) is 25.1. The molecule has 0 bridgehead atoms. The van der Waals surface area contributed by atoms with Gasteiger partial charge in [0.05, 0.1) is 19.3 Å². The van der Waals surface area contributed by atoms with Crippen LogP contribution < -0.4 is 11.4 Å². The molecule has 0 saturated carbocycles. The topological polar surface area (TPSA) is 215 Å². The Hall–Kier alpha value is -1.14. The molecule has 15 heteroatoms. The Morgan fingerprint density at radius 2 is 1.96 bits per heavy atom. The Kier molecular flexibility index (Phi) is 8.86. The van der Waals surface area contributed by atoms with Gasteiger partial charge in [0.2, 0.25) is 0 Å². The Labute approximate surface area is 142 Å². The van der Waals surface area contributed by atoms with Crippen molar-refractivity contribution < 1.29 is 43.3 Å². The van der Waals surface area contributed by atoms with E-state index in [0.29, 0.717) is 5.56 Å². The van der Waals surface area contributed by atoms with Gasteiger partial charge in [0.25, 0.3) is 0 Å². The zero-order valence-electron chi connectivity index (χ0n) is 12.7. The second-order valence-corrected chi connectivity index (χ2v) is 6.63. The fourth-order valence-electron chi connectivity index (χ4n) is 1.97. The molecule has 1 aliphatic heterocycles. The molecular formula is C10H19N3O10P2. The highest BCUT2D eigenvalue weighted by Gasteiger charge is 2.35. The monoisotopic (exact) mass is 403 g/mol. The van der Waals surface area contributed by atoms with Gasteiger partial charge in [-0.2, -0.15) is 4.98 Å². The molecule has 1 aromatic heterocycles. The molecule has 1 saturated heterocycles. The minimum atomic E-state index is -3.20. The van der Waals surface area contributed by atoms with Gasteiger partial charge in [-0.3, -0.25) is 13.7 Å². The molecule has 0 amide bonds. The van der Waals surface area contributed by atoms with Crippen LogP contribution in [-0.4, -0.2) is 53.5 Å². The van der Waals surface area contributed by atoms with E-state index in [1.165, 1.54) is 6.20 Å². The molecule has 5 atom stereocenters. The van der Waals surface area contributed by atoms with Gasteiger partial charge in [-0.15, -0.1) is 0 Å². The van der Waals surface area contributed by atoms with Crippen molar-refractivity contribution in [2.45, 2.75) is 31.5 Å².